The molecule has 4 nitrogen and oxygen atoms in total. The number of hydrogen-bond acceptors (Lipinski definition) is 3. The summed E-state index contributed by atoms with van der Waals surface area (Å²) in [5.74, 6) is 0.732. The maximum absolute atomic E-state index is 12.3. The normalized spacial score (nSPS) is 17.3. The summed E-state index contributed by atoms with van der Waals surface area (Å²) >= 11 is 1.75. The SMILES string of the molecule is O=C(CCc1cn[nH]c1)NC(c1cccs1)C1CCCCC1. The quantitative estimate of drug-likeness (QED) is 0.850. The maximum atomic E-state index is 12.3. The molecule has 1 unspecified atom stereocenters. The molecule has 0 spiro atoms. The Morgan fingerprint density at radius 2 is 2.27 bits per heavy atom. The molecule has 1 aliphatic rings. The molecule has 1 saturated carbocycles. The fourth-order valence-corrected chi connectivity index (χ4v) is 4.14. The standard InChI is InChI=1S/C17H23N3OS/c21-16(9-8-13-11-18-19-12-13)20-17(15-7-4-10-22-15)14-5-2-1-3-6-14/h4,7,10-12,14,17H,1-3,5-6,8-9H2,(H,18,19)(H,20,21). The monoisotopic (exact) mass is 317 g/mol. The van der Waals surface area contributed by atoms with Crippen LogP contribution < -0.4 is 5.32 Å². The van der Waals surface area contributed by atoms with Crippen LogP contribution in [0, 0.1) is 5.92 Å². The van der Waals surface area contributed by atoms with E-state index >= 15 is 0 Å². The number of nitrogens with one attached hydrogen (secondary N) is 2. The van der Waals surface area contributed by atoms with Crippen LogP contribution >= 0.6 is 11.3 Å². The average molecular weight is 317 g/mol. The highest BCUT2D eigenvalue weighted by Crippen LogP contribution is 2.36. The fraction of sp³-hybridized carbons (Fsp3) is 0.529. The van der Waals surface area contributed by atoms with Crippen molar-refractivity contribution < 1.29 is 4.79 Å². The Morgan fingerprint density at radius 1 is 1.41 bits per heavy atom. The van der Waals surface area contributed by atoms with Crippen LogP contribution in [0.2, 0.25) is 0 Å². The Balaban J connectivity index is 1.60. The first kappa shape index (κ1) is 15.3. The van der Waals surface area contributed by atoms with Crippen molar-refractivity contribution in [3.05, 3.63) is 40.3 Å². The number of carbonyl (C=O) groups is 1. The number of aromatic amines is 1. The maximum Gasteiger partial charge on any atom is 0.220 e. The van der Waals surface area contributed by atoms with Gasteiger partial charge >= 0.3 is 0 Å². The van der Waals surface area contributed by atoms with Crippen LogP contribution in [-0.4, -0.2) is 16.1 Å². The zero-order valence-corrected chi connectivity index (χ0v) is 13.6. The lowest BCUT2D eigenvalue weighted by Crippen LogP contribution is -2.34. The minimum atomic E-state index is 0.144. The molecule has 0 aliphatic heterocycles. The first-order chi connectivity index (χ1) is 10.8. The van der Waals surface area contributed by atoms with Crippen molar-refractivity contribution in [2.24, 2.45) is 5.92 Å². The second kappa shape index (κ2) is 7.58. The molecular weight excluding hydrogens is 294 g/mol. The molecule has 1 atom stereocenters. The van der Waals surface area contributed by atoms with Gasteiger partial charge in [-0.2, -0.15) is 5.10 Å². The van der Waals surface area contributed by atoms with Gasteiger partial charge < -0.3 is 5.32 Å². The molecule has 2 aromatic heterocycles. The number of rotatable bonds is 6. The number of hydrogen-bond donors (Lipinski definition) is 2. The van der Waals surface area contributed by atoms with Crippen LogP contribution in [0.1, 0.15) is 55.0 Å². The molecule has 5 heteroatoms. The molecular formula is C17H23N3OS. The van der Waals surface area contributed by atoms with Crippen molar-refractivity contribution in [2.45, 2.75) is 51.0 Å². The van der Waals surface area contributed by atoms with Gasteiger partial charge in [0.15, 0.2) is 0 Å². The van der Waals surface area contributed by atoms with Crippen LogP contribution in [0.25, 0.3) is 0 Å². The largest absolute Gasteiger partial charge is 0.348 e. The van der Waals surface area contributed by atoms with E-state index in [1.165, 1.54) is 37.0 Å². The highest BCUT2D eigenvalue weighted by atomic mass is 32.1. The number of aryl methyl sites for hydroxylation is 1. The van der Waals surface area contributed by atoms with Crippen molar-refractivity contribution in [3.8, 4) is 0 Å². The number of carbonyl (C=O) groups excluding carboxylic acids is 1. The van der Waals surface area contributed by atoms with E-state index < -0.39 is 0 Å². The topological polar surface area (TPSA) is 57.8 Å². The first-order valence-electron chi connectivity index (χ1n) is 8.13. The molecule has 2 N–H and O–H groups in total. The van der Waals surface area contributed by atoms with E-state index in [1.807, 2.05) is 6.20 Å². The van der Waals surface area contributed by atoms with Crippen LogP contribution in [0.5, 0.6) is 0 Å². The molecule has 22 heavy (non-hydrogen) atoms. The lowest BCUT2D eigenvalue weighted by Gasteiger charge is -2.30. The number of nitrogens with zero attached hydrogens (tertiary/aromatic N) is 1. The lowest BCUT2D eigenvalue weighted by molar-refractivity contribution is -0.122. The average Bonchev–Trinajstić information content (AvgIpc) is 3.25. The van der Waals surface area contributed by atoms with Crippen molar-refractivity contribution in [1.82, 2.24) is 15.5 Å². The minimum Gasteiger partial charge on any atom is -0.348 e. The molecule has 1 aliphatic carbocycles. The van der Waals surface area contributed by atoms with Crippen LogP contribution in [-0.2, 0) is 11.2 Å². The molecule has 2 aromatic rings. The van der Waals surface area contributed by atoms with Gasteiger partial charge in [0.05, 0.1) is 12.2 Å². The van der Waals surface area contributed by atoms with Crippen LogP contribution in [0.4, 0.5) is 0 Å². The zero-order valence-electron chi connectivity index (χ0n) is 12.8. The van der Waals surface area contributed by atoms with Crippen molar-refractivity contribution in [2.75, 3.05) is 0 Å². The van der Waals surface area contributed by atoms with E-state index in [0.29, 0.717) is 12.3 Å². The van der Waals surface area contributed by atoms with Crippen LogP contribution in [0.15, 0.2) is 29.9 Å². The third kappa shape index (κ3) is 3.97. The third-order valence-corrected chi connectivity index (χ3v) is 5.44. The summed E-state index contributed by atoms with van der Waals surface area (Å²) in [7, 11) is 0. The number of H-pyrrole nitrogens is 1. The van der Waals surface area contributed by atoms with E-state index in [0.717, 1.165) is 12.0 Å². The molecule has 2 heterocycles. The number of thiophene rings is 1. The lowest BCUT2D eigenvalue weighted by atomic mass is 9.83. The smallest absolute Gasteiger partial charge is 0.220 e. The first-order valence-corrected chi connectivity index (χ1v) is 9.01. The molecule has 1 amide bonds. The summed E-state index contributed by atoms with van der Waals surface area (Å²) in [4.78, 5) is 13.6. The Hall–Kier alpha value is -1.62. The second-order valence-electron chi connectivity index (χ2n) is 6.07. The summed E-state index contributed by atoms with van der Waals surface area (Å²) in [6.07, 6.45) is 11.3. The summed E-state index contributed by atoms with van der Waals surface area (Å²) in [6, 6.07) is 4.42. The van der Waals surface area contributed by atoms with Crippen molar-refractivity contribution >= 4 is 17.2 Å². The number of aromatic nitrogens is 2. The zero-order chi connectivity index (χ0) is 15.2. The van der Waals surface area contributed by atoms with Crippen LogP contribution in [0.3, 0.4) is 0 Å². The van der Waals surface area contributed by atoms with E-state index in [2.05, 4.69) is 33.0 Å². The summed E-state index contributed by atoms with van der Waals surface area (Å²) in [5.41, 5.74) is 1.08. The number of amides is 1. The van der Waals surface area contributed by atoms with Gasteiger partial charge in [0, 0.05) is 17.5 Å². The Kier molecular flexibility index (Phi) is 5.27. The van der Waals surface area contributed by atoms with E-state index in [4.69, 9.17) is 0 Å². The predicted octanol–water partition coefficient (Wildman–Crippen LogP) is 3.84. The fourth-order valence-electron chi connectivity index (χ4n) is 3.27. The van der Waals surface area contributed by atoms with Crippen molar-refractivity contribution in [1.29, 1.82) is 0 Å². The molecule has 1 fully saturated rings. The predicted molar refractivity (Wildman–Crippen MR) is 88.7 cm³/mol. The summed E-state index contributed by atoms with van der Waals surface area (Å²) < 4.78 is 0. The minimum absolute atomic E-state index is 0.144. The van der Waals surface area contributed by atoms with Crippen molar-refractivity contribution in [3.63, 3.8) is 0 Å². The molecule has 118 valence electrons. The molecule has 0 aromatic carbocycles. The van der Waals surface area contributed by atoms with Gasteiger partial charge in [-0.05, 0) is 42.2 Å². The molecule has 0 saturated heterocycles. The summed E-state index contributed by atoms with van der Waals surface area (Å²) in [5, 5.41) is 12.1. The highest BCUT2D eigenvalue weighted by Gasteiger charge is 2.27. The summed E-state index contributed by atoms with van der Waals surface area (Å²) in [6.45, 7) is 0. The molecule has 0 bridgehead atoms. The Labute approximate surface area is 135 Å². The van der Waals surface area contributed by atoms with Gasteiger partial charge in [-0.15, -0.1) is 11.3 Å². The van der Waals surface area contributed by atoms with Gasteiger partial charge in [0.2, 0.25) is 5.91 Å². The van der Waals surface area contributed by atoms with E-state index in [9.17, 15) is 4.79 Å². The molecule has 3 rings (SSSR count). The van der Waals surface area contributed by atoms with Gasteiger partial charge in [-0.25, -0.2) is 0 Å². The Morgan fingerprint density at radius 3 is 2.95 bits per heavy atom. The van der Waals surface area contributed by atoms with E-state index in [1.54, 1.807) is 17.5 Å². The van der Waals surface area contributed by atoms with Gasteiger partial charge in [0.25, 0.3) is 0 Å². The second-order valence-corrected chi connectivity index (χ2v) is 7.04. The van der Waals surface area contributed by atoms with Gasteiger partial charge in [-0.3, -0.25) is 9.89 Å². The highest BCUT2D eigenvalue weighted by molar-refractivity contribution is 7.10. The van der Waals surface area contributed by atoms with Gasteiger partial charge in [0.1, 0.15) is 0 Å². The molecule has 0 radical (unpaired) electrons. The van der Waals surface area contributed by atoms with Gasteiger partial charge in [-0.1, -0.05) is 25.3 Å². The van der Waals surface area contributed by atoms with E-state index in [-0.39, 0.29) is 11.9 Å². The third-order valence-electron chi connectivity index (χ3n) is 4.48. The Bertz CT molecular complexity index is 559.